The third-order valence-corrected chi connectivity index (χ3v) is 27.0. The lowest BCUT2D eigenvalue weighted by atomic mass is 10.0. The average Bonchev–Trinajstić information content (AvgIpc) is 1.66. The number of phenols is 3. The van der Waals surface area contributed by atoms with Crippen LogP contribution < -0.4 is 42.0 Å². The molecule has 6 aliphatic heterocycles. The molecule has 0 spiro atoms. The second kappa shape index (κ2) is 35.5. The van der Waals surface area contributed by atoms with Crippen molar-refractivity contribution in [3.05, 3.63) is 229 Å². The Morgan fingerprint density at radius 3 is 1.18 bits per heavy atom. The number of carbonyl (C=O) groups excluding carboxylic acids is 5. The Kier molecular flexibility index (Phi) is 24.6. The van der Waals surface area contributed by atoms with Crippen molar-refractivity contribution in [3.63, 3.8) is 0 Å². The summed E-state index contributed by atoms with van der Waals surface area (Å²) in [7, 11) is -3.37. The number of hydrogen-bond donors (Lipinski definition) is 4. The first-order valence-corrected chi connectivity index (χ1v) is 44.7. The summed E-state index contributed by atoms with van der Waals surface area (Å²) in [5.74, 6) is -20.1. The van der Waals surface area contributed by atoms with E-state index in [-0.39, 0.29) is 108 Å². The highest BCUT2D eigenvalue weighted by atomic mass is 32.2. The maximum absolute atomic E-state index is 16.9. The number of hydrogen-bond acceptors (Lipinski definition) is 25. The van der Waals surface area contributed by atoms with E-state index < -0.39 is 224 Å². The minimum absolute atomic E-state index is 0.0244. The Bertz CT molecular complexity index is 7610. The number of phenolic OH excluding ortho intramolecular Hbond substituents is 3. The molecule has 3 aromatic carbocycles. The Labute approximate surface area is 773 Å². The number of aromatic hydroxyl groups is 3. The van der Waals surface area contributed by atoms with Gasteiger partial charge in [-0.1, -0.05) is 61.3 Å². The number of pyridine rings is 6. The molecule has 9 aromatic heterocycles. The molecule has 18 rings (SSSR count). The lowest BCUT2D eigenvalue weighted by molar-refractivity contribution is -0.131. The predicted octanol–water partition coefficient (Wildman–Crippen LogP) is 11.7. The van der Waals surface area contributed by atoms with E-state index in [1.54, 1.807) is 81.9 Å². The number of carbonyl (C=O) groups is 5. The summed E-state index contributed by atoms with van der Waals surface area (Å²) >= 11 is 0. The molecule has 6 unspecified atom stereocenters. The van der Waals surface area contributed by atoms with Gasteiger partial charge in [-0.05, 0) is 149 Å². The number of likely N-dealkylation sites (N-methyl/N-ethyl adjacent to an activating group) is 1. The van der Waals surface area contributed by atoms with E-state index in [4.69, 9.17) is 0 Å². The molecule has 0 bridgehead atoms. The lowest BCUT2D eigenvalue weighted by Gasteiger charge is -2.44. The van der Waals surface area contributed by atoms with Gasteiger partial charge in [0.15, 0.2) is 79.1 Å². The van der Waals surface area contributed by atoms with Crippen LogP contribution >= 0.6 is 0 Å². The maximum Gasteiger partial charge on any atom is 0.355 e. The topological polar surface area (TPSA) is 397 Å². The molecular weight excluding hydrogens is 1820 g/mol. The quantitative estimate of drug-likeness (QED) is 0.0652. The first-order chi connectivity index (χ1) is 64.8. The van der Waals surface area contributed by atoms with Gasteiger partial charge in [0.2, 0.25) is 23.6 Å². The average molecular weight is 1910 g/mol. The highest BCUT2D eigenvalue weighted by molar-refractivity contribution is 7.91. The number of halogens is 9. The first kappa shape index (κ1) is 94.8. The monoisotopic (exact) mass is 1910 g/mol. The summed E-state index contributed by atoms with van der Waals surface area (Å²) < 4.78 is 171. The van der Waals surface area contributed by atoms with Crippen molar-refractivity contribution in [3.8, 4) is 68.1 Å². The van der Waals surface area contributed by atoms with Gasteiger partial charge in [-0.15, -0.1) is 0 Å². The van der Waals surface area contributed by atoms with E-state index in [2.05, 4.69) is 69.9 Å². The minimum Gasteiger partial charge on any atom is -0.507 e. The van der Waals surface area contributed by atoms with Gasteiger partial charge in [-0.25, -0.2) is 91.0 Å². The van der Waals surface area contributed by atoms with Gasteiger partial charge in [0.05, 0.1) is 103 Å². The molecule has 6 atom stereocenters. The number of anilines is 5. The number of piperazine rings is 3. The number of aromatic nitrogens is 12. The molecule has 0 aliphatic carbocycles. The Hall–Kier alpha value is -15.3. The van der Waals surface area contributed by atoms with Crippen molar-refractivity contribution in [1.82, 2.24) is 73.3 Å². The second-order valence-corrected chi connectivity index (χ2v) is 36.9. The van der Waals surface area contributed by atoms with Crippen LogP contribution in [0.15, 0.2) is 130 Å². The predicted molar refractivity (Wildman–Crippen MR) is 488 cm³/mol. The highest BCUT2D eigenvalue weighted by Gasteiger charge is 2.50. The zero-order valence-corrected chi connectivity index (χ0v) is 76.5. The summed E-state index contributed by atoms with van der Waals surface area (Å²) in [5.41, 5.74) is -6.08. The molecule has 15 heterocycles. The maximum atomic E-state index is 16.9. The molecule has 33 nitrogen and oxygen atoms in total. The summed E-state index contributed by atoms with van der Waals surface area (Å²) in [4.78, 5) is 156. The summed E-state index contributed by atoms with van der Waals surface area (Å²) in [6.45, 7) is 31.7. The molecule has 3 fully saturated rings. The fourth-order valence-electron chi connectivity index (χ4n) is 18.6. The molecule has 0 saturated carbocycles. The third kappa shape index (κ3) is 15.5. The largest absolute Gasteiger partial charge is 0.507 e. The Morgan fingerprint density at radius 1 is 0.438 bits per heavy atom. The SMILES string of the molecule is C=CC(=O)N1CC2C(=O)N(C)c3c(F)c(-c4c(O)ccc(F)c4F)nc4c3c(nc(=O)n4-c3c(C)ccnc3C(C)C)N2CC1C.C=CC(=O)N1CC2C(=O)Nc3c(F)c(-c4c(O)ccc(F)c4F)nc4c3c(nc(=O)n4-c3c(C)ccnc3C(C)C)N2CC1C.C=CC(=O)N1CC2CS(=O)(=O)c3c(F)c(-c4c(O)ccc(F)c4F)nc4c3c(nc(=O)n4-c3c(C)ccnc3C(C)C)N2CC1C. The Balaban J connectivity index is 0.000000149. The van der Waals surface area contributed by atoms with Crippen molar-refractivity contribution in [2.45, 2.75) is 142 Å². The number of benzene rings is 3. The van der Waals surface area contributed by atoms with E-state index >= 15 is 26.3 Å². The van der Waals surface area contributed by atoms with Crippen molar-refractivity contribution in [1.29, 1.82) is 0 Å². The number of sulfone groups is 1. The summed E-state index contributed by atoms with van der Waals surface area (Å²) in [5, 5.41) is 33.8. The van der Waals surface area contributed by atoms with Crippen LogP contribution in [0.3, 0.4) is 0 Å². The van der Waals surface area contributed by atoms with Gasteiger partial charge in [-0.2, -0.15) is 15.0 Å². The fourth-order valence-corrected chi connectivity index (χ4v) is 20.5. The van der Waals surface area contributed by atoms with Crippen LogP contribution in [0.5, 0.6) is 17.2 Å². The Morgan fingerprint density at radius 2 is 0.781 bits per heavy atom. The number of fused-ring (bicyclic) bond motifs is 6. The molecule has 3 saturated heterocycles. The van der Waals surface area contributed by atoms with Crippen molar-refractivity contribution in [2.24, 2.45) is 0 Å². The van der Waals surface area contributed by atoms with Gasteiger partial charge in [0, 0.05) is 69.9 Å². The van der Waals surface area contributed by atoms with Crippen molar-refractivity contribution in [2.75, 3.05) is 77.0 Å². The second-order valence-electron chi connectivity index (χ2n) is 34.9. The number of amides is 5. The minimum atomic E-state index is -4.66. The first-order valence-electron chi connectivity index (χ1n) is 43.1. The number of nitrogens with one attached hydrogen (secondary N) is 1. The molecule has 710 valence electrons. The molecule has 4 N–H and O–H groups in total. The number of nitrogens with zero attached hydrogens (tertiary/aromatic N) is 19. The molecule has 137 heavy (non-hydrogen) atoms. The van der Waals surface area contributed by atoms with Gasteiger partial charge in [0.25, 0.3) is 5.91 Å². The zero-order valence-electron chi connectivity index (χ0n) is 75.7. The molecular formula is C94H87F9N20O13S. The molecule has 12 aromatic rings. The van der Waals surface area contributed by atoms with Crippen LogP contribution in [0.4, 0.5) is 68.3 Å². The van der Waals surface area contributed by atoms with E-state index in [0.717, 1.165) is 55.0 Å². The van der Waals surface area contributed by atoms with E-state index in [1.165, 1.54) is 32.8 Å². The van der Waals surface area contributed by atoms with Gasteiger partial charge < -0.3 is 54.9 Å². The van der Waals surface area contributed by atoms with Gasteiger partial charge in [-0.3, -0.25) is 38.9 Å². The molecule has 5 amide bonds. The van der Waals surface area contributed by atoms with E-state index in [1.807, 2.05) is 41.5 Å². The van der Waals surface area contributed by atoms with Crippen molar-refractivity contribution < 1.29 is 87.2 Å². The molecule has 6 aliphatic rings. The van der Waals surface area contributed by atoms with E-state index in [9.17, 15) is 75.3 Å². The zero-order chi connectivity index (χ0) is 99.2. The van der Waals surface area contributed by atoms with Crippen molar-refractivity contribution >= 4 is 101 Å². The van der Waals surface area contributed by atoms with Crippen LogP contribution in [0.25, 0.3) is 83.9 Å². The van der Waals surface area contributed by atoms with Gasteiger partial charge in [0.1, 0.15) is 68.8 Å². The molecule has 0 radical (unpaired) electrons. The van der Waals surface area contributed by atoms with Crippen LogP contribution in [0.1, 0.15) is 114 Å². The van der Waals surface area contributed by atoms with Crippen LogP contribution in [0.2, 0.25) is 0 Å². The van der Waals surface area contributed by atoms with Crippen LogP contribution in [-0.4, -0.2) is 215 Å². The summed E-state index contributed by atoms with van der Waals surface area (Å²) in [6, 6.07) is 4.77. The smallest absolute Gasteiger partial charge is 0.355 e. The number of aryl methyl sites for hydroxylation is 3. The standard InChI is InChI=1S/C32H30F3N7O4.C31H28F3N7O4.C31H29F3N6O5S/c1-7-20(44)40-13-18-31(45)39(6)28-22-29(41(18)12-16(40)5)38-32(46)42(27-15(4)10-11-36-25(27)14(2)3)30(22)37-26(24(28)35)21-19(43)9-8-17(33)23(21)34;1-6-19(43)39-12-17-30(44)37-26-21-28(40(17)11-15(39)5)38-31(45)41(27-14(4)9-10-35-24(27)13(2)3)29(21)36-25(23(26)34)20-18(42)8-7-16(32)22(20)33;1-6-20(42)38-12-17-13-46(44,45)28-22-29(39(17)11-16(38)5)37-31(43)40(27-15(4)9-10-35-25(27)14(2)3)30(22)36-26(24(28)34)21-19(41)8-7-18(32)23(21)33/h7-11,14,16,18,43H,1,12-13H2,2-6H3;6-10,13,15,17,42H,1,11-12H2,2-5H3,(H,37,44);6-10,14,16-17,41H,1,11-13H2,2-5H3. The third-order valence-electron chi connectivity index (χ3n) is 25.2. The van der Waals surface area contributed by atoms with Gasteiger partial charge >= 0.3 is 17.1 Å². The summed E-state index contributed by atoms with van der Waals surface area (Å²) in [6.07, 6.45) is 8.01. The molecule has 43 heteroatoms. The highest BCUT2D eigenvalue weighted by Crippen LogP contribution is 2.50. The fraction of sp³-hybridized carbons (Fsp3) is 0.309. The normalized spacial score (nSPS) is 18.2. The van der Waals surface area contributed by atoms with Crippen LogP contribution in [-0.2, 0) is 33.8 Å². The lowest BCUT2D eigenvalue weighted by Crippen LogP contribution is -2.63. The number of rotatable bonds is 12. The van der Waals surface area contributed by atoms with Crippen LogP contribution in [0, 0.1) is 73.1 Å². The van der Waals surface area contributed by atoms with E-state index in [0.29, 0.717) is 63.3 Å².